The van der Waals surface area contributed by atoms with Gasteiger partial charge in [-0.25, -0.2) is 4.39 Å². The van der Waals surface area contributed by atoms with Crippen LogP contribution in [-0.2, 0) is 0 Å². The summed E-state index contributed by atoms with van der Waals surface area (Å²) in [4.78, 5) is 0. The van der Waals surface area contributed by atoms with Crippen molar-refractivity contribution in [2.45, 2.75) is 6.04 Å². The smallest absolute Gasteiger partial charge is 0.129 e. The molecule has 2 rings (SSSR count). The summed E-state index contributed by atoms with van der Waals surface area (Å²) >= 11 is 9.47. The van der Waals surface area contributed by atoms with Crippen LogP contribution in [0, 0.1) is 5.82 Å². The number of rotatable bonds is 3. The molecule has 0 bridgehead atoms. The average molecular weight is 345 g/mol. The van der Waals surface area contributed by atoms with E-state index in [-0.39, 0.29) is 5.82 Å². The third kappa shape index (κ3) is 2.91. The lowest BCUT2D eigenvalue weighted by Crippen LogP contribution is -2.15. The van der Waals surface area contributed by atoms with E-state index in [0.29, 0.717) is 26.4 Å². The van der Waals surface area contributed by atoms with Crippen LogP contribution >= 0.6 is 27.5 Å². The van der Waals surface area contributed by atoms with E-state index in [1.165, 1.54) is 6.07 Å². The van der Waals surface area contributed by atoms with Crippen molar-refractivity contribution in [3.8, 4) is 5.75 Å². The van der Waals surface area contributed by atoms with Gasteiger partial charge in [-0.15, -0.1) is 0 Å². The van der Waals surface area contributed by atoms with E-state index in [2.05, 4.69) is 15.9 Å². The molecule has 0 spiro atoms. The summed E-state index contributed by atoms with van der Waals surface area (Å²) in [5.74, 6) is 0.266. The Bertz CT molecular complexity index is 586. The number of hydrogen-bond donors (Lipinski definition) is 1. The number of ether oxygens (including phenoxy) is 1. The predicted octanol–water partition coefficient (Wildman–Crippen LogP) is 4.30. The molecule has 19 heavy (non-hydrogen) atoms. The number of halogens is 3. The summed E-state index contributed by atoms with van der Waals surface area (Å²) in [5, 5.41) is 0.446. The highest BCUT2D eigenvalue weighted by Gasteiger charge is 2.19. The largest absolute Gasteiger partial charge is 0.497 e. The van der Waals surface area contributed by atoms with E-state index in [4.69, 9.17) is 22.1 Å². The normalized spacial score (nSPS) is 12.3. The number of benzene rings is 2. The van der Waals surface area contributed by atoms with Crippen LogP contribution in [0.1, 0.15) is 17.2 Å². The summed E-state index contributed by atoms with van der Waals surface area (Å²) in [6, 6.07) is 9.23. The van der Waals surface area contributed by atoms with Gasteiger partial charge in [-0.1, -0.05) is 39.7 Å². The van der Waals surface area contributed by atoms with Gasteiger partial charge in [0, 0.05) is 15.1 Å². The van der Waals surface area contributed by atoms with Crippen LogP contribution in [0.4, 0.5) is 4.39 Å². The highest BCUT2D eigenvalue weighted by Crippen LogP contribution is 2.34. The lowest BCUT2D eigenvalue weighted by atomic mass is 9.99. The Labute approximate surface area is 124 Å². The van der Waals surface area contributed by atoms with E-state index in [1.807, 2.05) is 0 Å². The number of hydrogen-bond acceptors (Lipinski definition) is 2. The maximum absolute atomic E-state index is 13.9. The molecule has 2 aromatic rings. The molecule has 0 amide bonds. The molecule has 0 fully saturated rings. The standard InChI is InChI=1S/C14H12BrClFNO/c1-19-8-5-6-9(11(16)7-8)14(18)13-10(15)3-2-4-12(13)17/h2-7,14H,18H2,1H3. The van der Waals surface area contributed by atoms with E-state index < -0.39 is 6.04 Å². The molecule has 0 saturated carbocycles. The lowest BCUT2D eigenvalue weighted by Gasteiger charge is -2.17. The second-order valence-corrected chi connectivity index (χ2v) is 5.26. The zero-order valence-electron chi connectivity index (χ0n) is 10.2. The molecule has 0 aromatic heterocycles. The van der Waals surface area contributed by atoms with Gasteiger partial charge in [0.2, 0.25) is 0 Å². The molecule has 0 radical (unpaired) electrons. The zero-order valence-corrected chi connectivity index (χ0v) is 12.5. The van der Waals surface area contributed by atoms with Gasteiger partial charge in [-0.2, -0.15) is 0 Å². The zero-order chi connectivity index (χ0) is 14.0. The van der Waals surface area contributed by atoms with Crippen LogP contribution in [0.25, 0.3) is 0 Å². The molecule has 2 nitrogen and oxygen atoms in total. The first kappa shape index (κ1) is 14.3. The van der Waals surface area contributed by atoms with Gasteiger partial charge >= 0.3 is 0 Å². The monoisotopic (exact) mass is 343 g/mol. The van der Waals surface area contributed by atoms with Crippen LogP contribution in [0.5, 0.6) is 5.75 Å². The second-order valence-electron chi connectivity index (χ2n) is 4.00. The number of methoxy groups -OCH3 is 1. The second kappa shape index (κ2) is 5.90. The number of nitrogens with two attached hydrogens (primary N) is 1. The quantitative estimate of drug-likeness (QED) is 0.901. The van der Waals surface area contributed by atoms with Crippen molar-refractivity contribution < 1.29 is 9.13 Å². The van der Waals surface area contributed by atoms with Crippen LogP contribution in [0.2, 0.25) is 5.02 Å². The van der Waals surface area contributed by atoms with Gasteiger partial charge in [-0.05, 0) is 29.8 Å². The van der Waals surface area contributed by atoms with Gasteiger partial charge in [-0.3, -0.25) is 0 Å². The summed E-state index contributed by atoms with van der Waals surface area (Å²) in [6.45, 7) is 0. The van der Waals surface area contributed by atoms with Crippen molar-refractivity contribution >= 4 is 27.5 Å². The first-order valence-corrected chi connectivity index (χ1v) is 6.74. The molecule has 0 aliphatic carbocycles. The Morgan fingerprint density at radius 2 is 2.05 bits per heavy atom. The fourth-order valence-electron chi connectivity index (χ4n) is 1.85. The maximum atomic E-state index is 13.9. The molecule has 2 N–H and O–H groups in total. The third-order valence-corrected chi connectivity index (χ3v) is 3.87. The fourth-order valence-corrected chi connectivity index (χ4v) is 2.73. The minimum absolute atomic E-state index is 0.367. The van der Waals surface area contributed by atoms with Crippen molar-refractivity contribution in [3.63, 3.8) is 0 Å². The topological polar surface area (TPSA) is 35.2 Å². The van der Waals surface area contributed by atoms with E-state index in [1.54, 1.807) is 37.4 Å². The highest BCUT2D eigenvalue weighted by atomic mass is 79.9. The molecule has 1 unspecified atom stereocenters. The van der Waals surface area contributed by atoms with Crippen LogP contribution in [-0.4, -0.2) is 7.11 Å². The maximum Gasteiger partial charge on any atom is 0.129 e. The van der Waals surface area contributed by atoms with Crippen molar-refractivity contribution in [3.05, 3.63) is 62.8 Å². The predicted molar refractivity (Wildman–Crippen MR) is 78.1 cm³/mol. The van der Waals surface area contributed by atoms with Gasteiger partial charge in [0.25, 0.3) is 0 Å². The van der Waals surface area contributed by atoms with Crippen LogP contribution in [0.3, 0.4) is 0 Å². The molecule has 0 heterocycles. The van der Waals surface area contributed by atoms with Crippen LogP contribution in [0.15, 0.2) is 40.9 Å². The molecule has 0 aliphatic rings. The Morgan fingerprint density at radius 1 is 1.32 bits per heavy atom. The van der Waals surface area contributed by atoms with Crippen LogP contribution < -0.4 is 10.5 Å². The molecule has 5 heteroatoms. The first-order valence-electron chi connectivity index (χ1n) is 5.57. The minimum atomic E-state index is -0.644. The summed E-state index contributed by atoms with van der Waals surface area (Å²) in [6.07, 6.45) is 0. The van der Waals surface area contributed by atoms with Crippen molar-refractivity contribution in [1.29, 1.82) is 0 Å². The molecular weight excluding hydrogens is 333 g/mol. The molecule has 0 saturated heterocycles. The first-order chi connectivity index (χ1) is 9.04. The molecule has 2 aromatic carbocycles. The third-order valence-electron chi connectivity index (χ3n) is 2.85. The van der Waals surface area contributed by atoms with Gasteiger partial charge in [0.1, 0.15) is 11.6 Å². The average Bonchev–Trinajstić information content (AvgIpc) is 2.38. The van der Waals surface area contributed by atoms with Crippen molar-refractivity contribution in [2.24, 2.45) is 5.73 Å². The SMILES string of the molecule is COc1ccc(C(N)c2c(F)cccc2Br)c(Cl)c1. The highest BCUT2D eigenvalue weighted by molar-refractivity contribution is 9.10. The van der Waals surface area contributed by atoms with E-state index >= 15 is 0 Å². The Hall–Kier alpha value is -1.10. The van der Waals surface area contributed by atoms with Gasteiger partial charge < -0.3 is 10.5 Å². The Kier molecular flexibility index (Phi) is 4.45. The Balaban J connectivity index is 2.47. The fraction of sp³-hybridized carbons (Fsp3) is 0.143. The lowest BCUT2D eigenvalue weighted by molar-refractivity contribution is 0.414. The minimum Gasteiger partial charge on any atom is -0.497 e. The van der Waals surface area contributed by atoms with E-state index in [0.717, 1.165) is 0 Å². The molecule has 0 aliphatic heterocycles. The van der Waals surface area contributed by atoms with Crippen molar-refractivity contribution in [1.82, 2.24) is 0 Å². The van der Waals surface area contributed by atoms with Crippen molar-refractivity contribution in [2.75, 3.05) is 7.11 Å². The van der Waals surface area contributed by atoms with Gasteiger partial charge in [0.15, 0.2) is 0 Å². The summed E-state index contributed by atoms with van der Waals surface area (Å²) < 4.78 is 19.6. The Morgan fingerprint density at radius 3 is 2.63 bits per heavy atom. The molecule has 1 atom stereocenters. The van der Waals surface area contributed by atoms with E-state index in [9.17, 15) is 4.39 Å². The molecular formula is C14H12BrClFNO. The van der Waals surface area contributed by atoms with Gasteiger partial charge in [0.05, 0.1) is 13.2 Å². The summed E-state index contributed by atoms with van der Waals surface area (Å²) in [7, 11) is 1.55. The molecule has 100 valence electrons. The summed E-state index contributed by atoms with van der Waals surface area (Å²) in [5.41, 5.74) is 7.15.